The average molecular weight is 525 g/mol. The molecule has 204 valence electrons. The Hall–Kier alpha value is -2.58. The largest absolute Gasteiger partial charge is 0.459 e. The van der Waals surface area contributed by atoms with E-state index >= 15 is 0 Å². The minimum atomic E-state index is -4.95. The fourth-order valence-corrected chi connectivity index (χ4v) is 7.84. The summed E-state index contributed by atoms with van der Waals surface area (Å²) in [5, 5.41) is 0. The maximum Gasteiger partial charge on any atom is 0.450 e. The minimum absolute atomic E-state index is 0.0576. The number of carbonyl (C=O) groups is 3. The third kappa shape index (κ3) is 4.52. The van der Waals surface area contributed by atoms with Crippen LogP contribution in [0.4, 0.5) is 13.2 Å². The second kappa shape index (κ2) is 9.02. The Labute approximate surface area is 215 Å². The first-order chi connectivity index (χ1) is 17.0. The molecule has 0 N–H and O–H groups in total. The van der Waals surface area contributed by atoms with Crippen molar-refractivity contribution in [2.45, 2.75) is 91.8 Å². The molecule has 2 fully saturated rings. The number of halogens is 3. The van der Waals surface area contributed by atoms with Crippen molar-refractivity contribution >= 4 is 17.9 Å². The molecule has 4 aliphatic rings. The molecule has 0 amide bonds. The highest BCUT2D eigenvalue weighted by atomic mass is 19.4. The summed E-state index contributed by atoms with van der Waals surface area (Å²) >= 11 is 0. The lowest BCUT2D eigenvalue weighted by atomic mass is 9.47. The summed E-state index contributed by atoms with van der Waals surface area (Å²) in [6.07, 6.45) is 2.42. The van der Waals surface area contributed by atoms with Gasteiger partial charge < -0.3 is 14.2 Å². The highest BCUT2D eigenvalue weighted by Crippen LogP contribution is 2.68. The molecular weight excluding hydrogens is 489 g/mol. The van der Waals surface area contributed by atoms with Crippen LogP contribution in [0.5, 0.6) is 0 Å². The van der Waals surface area contributed by atoms with Crippen molar-refractivity contribution in [3.63, 3.8) is 0 Å². The van der Waals surface area contributed by atoms with E-state index in [2.05, 4.69) is 6.92 Å². The quantitative estimate of drug-likeness (QED) is 0.244. The summed E-state index contributed by atoms with van der Waals surface area (Å²) in [4.78, 5) is 35.3. The van der Waals surface area contributed by atoms with E-state index in [0.29, 0.717) is 0 Å². The number of ether oxygens (including phenoxy) is 3. The molecule has 0 aromatic heterocycles. The number of alkyl halides is 3. The second-order valence-electron chi connectivity index (χ2n) is 11.7. The minimum Gasteiger partial charge on any atom is -0.459 e. The predicted molar refractivity (Wildman–Crippen MR) is 127 cm³/mol. The molecule has 0 bridgehead atoms. The Balaban J connectivity index is 1.79. The maximum atomic E-state index is 14.1. The van der Waals surface area contributed by atoms with Crippen LogP contribution in [-0.4, -0.2) is 29.7 Å². The molecule has 0 radical (unpaired) electrons. The third-order valence-electron chi connectivity index (χ3n) is 9.58. The van der Waals surface area contributed by atoms with Crippen molar-refractivity contribution < 1.29 is 41.8 Å². The van der Waals surface area contributed by atoms with Gasteiger partial charge in [0.05, 0.1) is 0 Å². The predicted octanol–water partition coefficient (Wildman–Crippen LogP) is 6.32. The highest BCUT2D eigenvalue weighted by molar-refractivity contribution is 5.70. The fourth-order valence-electron chi connectivity index (χ4n) is 7.84. The number of fused-ring (bicyclic) bond motifs is 5. The van der Waals surface area contributed by atoms with Crippen LogP contribution in [0.15, 0.2) is 34.8 Å². The zero-order chi connectivity index (χ0) is 27.6. The number of allylic oxidation sites excluding steroid dienone is 5. The molecule has 6 nitrogen and oxygen atoms in total. The van der Waals surface area contributed by atoms with E-state index in [1.165, 1.54) is 13.0 Å². The van der Waals surface area contributed by atoms with Gasteiger partial charge in [0.15, 0.2) is 0 Å². The van der Waals surface area contributed by atoms with E-state index in [9.17, 15) is 27.6 Å². The van der Waals surface area contributed by atoms with E-state index in [0.717, 1.165) is 51.5 Å². The van der Waals surface area contributed by atoms with Crippen molar-refractivity contribution in [2.24, 2.45) is 28.6 Å². The summed E-state index contributed by atoms with van der Waals surface area (Å²) in [5.74, 6) is -3.33. The highest BCUT2D eigenvalue weighted by Gasteiger charge is 2.64. The van der Waals surface area contributed by atoms with Crippen LogP contribution in [-0.2, 0) is 28.6 Å². The van der Waals surface area contributed by atoms with E-state index < -0.39 is 34.9 Å². The van der Waals surface area contributed by atoms with Gasteiger partial charge in [-0.3, -0.25) is 14.4 Å². The second-order valence-corrected chi connectivity index (χ2v) is 11.7. The zero-order valence-electron chi connectivity index (χ0n) is 22.2. The molecule has 9 heteroatoms. The molecule has 0 heterocycles. The fraction of sp³-hybridized carbons (Fsp3) is 0.679. The van der Waals surface area contributed by atoms with Crippen LogP contribution >= 0.6 is 0 Å². The van der Waals surface area contributed by atoms with Gasteiger partial charge in [-0.2, -0.15) is 13.2 Å². The number of esters is 3. The van der Waals surface area contributed by atoms with Crippen molar-refractivity contribution in [3.05, 3.63) is 34.8 Å². The number of hydrogen-bond acceptors (Lipinski definition) is 6. The summed E-state index contributed by atoms with van der Waals surface area (Å²) < 4.78 is 58.1. The van der Waals surface area contributed by atoms with Crippen LogP contribution in [0, 0.1) is 28.6 Å². The zero-order valence-corrected chi connectivity index (χ0v) is 22.2. The molecule has 0 saturated heterocycles. The van der Waals surface area contributed by atoms with Crippen LogP contribution in [0.2, 0.25) is 0 Å². The maximum absolute atomic E-state index is 14.1. The number of carbonyl (C=O) groups excluding carboxylic acids is 3. The van der Waals surface area contributed by atoms with Gasteiger partial charge in [-0.15, -0.1) is 0 Å². The lowest BCUT2D eigenvalue weighted by molar-refractivity contribution is -0.176. The lowest BCUT2D eigenvalue weighted by Gasteiger charge is -2.58. The van der Waals surface area contributed by atoms with Gasteiger partial charge in [-0.25, -0.2) is 0 Å². The first kappa shape index (κ1) is 27.5. The Morgan fingerprint density at radius 1 is 0.946 bits per heavy atom. The van der Waals surface area contributed by atoms with Gasteiger partial charge in [0.25, 0.3) is 0 Å². The molecule has 37 heavy (non-hydrogen) atoms. The summed E-state index contributed by atoms with van der Waals surface area (Å²) in [5.41, 5.74) is -0.980. The van der Waals surface area contributed by atoms with Crippen LogP contribution in [0.25, 0.3) is 0 Å². The molecule has 0 unspecified atom stereocenters. The van der Waals surface area contributed by atoms with Crippen molar-refractivity contribution in [2.75, 3.05) is 0 Å². The standard InChI is InChI=1S/C28H35F3O6/c1-15(32)35-23-13-18-7-8-19-21(9-11-26(5)22(19)10-12-27(26,6)37-17(3)34)25(18,4)14-20(23)24(28(29,30)31)36-16(2)33/h7,13,19,21-22H,8-12,14H2,1-6H3/b24-20+/t19-,21+,22+,25+,26+,27-/m1/s1. The van der Waals surface area contributed by atoms with E-state index in [1.54, 1.807) is 0 Å². The summed E-state index contributed by atoms with van der Waals surface area (Å²) in [6, 6.07) is 0. The normalized spacial score (nSPS) is 38.2. The molecule has 0 spiro atoms. The molecule has 0 aromatic carbocycles. The molecule has 0 aromatic rings. The summed E-state index contributed by atoms with van der Waals surface area (Å²) in [6.45, 7) is 9.61. The van der Waals surface area contributed by atoms with Crippen molar-refractivity contribution in [1.29, 1.82) is 0 Å². The SMILES string of the molecule is CC(=O)OC1=CC2=CC[C@@H]3[C@H](CC[C@@]4(C)[C@H]3CC[C@@]4(C)OC(C)=O)[C@@]2(C)C/C1=C(\OC(C)=O)C(F)(F)F. The Kier molecular flexibility index (Phi) is 6.69. The Morgan fingerprint density at radius 3 is 2.16 bits per heavy atom. The number of rotatable bonds is 3. The van der Waals surface area contributed by atoms with Crippen molar-refractivity contribution in [3.8, 4) is 0 Å². The smallest absolute Gasteiger partial charge is 0.450 e. The van der Waals surface area contributed by atoms with Gasteiger partial charge in [-0.05, 0) is 80.3 Å². The van der Waals surface area contributed by atoms with Crippen LogP contribution < -0.4 is 0 Å². The average Bonchev–Trinajstić information content (AvgIpc) is 3.00. The lowest BCUT2D eigenvalue weighted by Crippen LogP contribution is -2.54. The molecular formula is C28H35F3O6. The Bertz CT molecular complexity index is 1120. The van der Waals surface area contributed by atoms with E-state index in [4.69, 9.17) is 14.2 Å². The monoisotopic (exact) mass is 524 g/mol. The first-order valence-corrected chi connectivity index (χ1v) is 12.8. The Morgan fingerprint density at radius 2 is 1.59 bits per heavy atom. The van der Waals surface area contributed by atoms with Gasteiger partial charge >= 0.3 is 24.1 Å². The summed E-state index contributed by atoms with van der Waals surface area (Å²) in [7, 11) is 0. The van der Waals surface area contributed by atoms with Gasteiger partial charge in [0.2, 0.25) is 5.76 Å². The molecule has 0 aliphatic heterocycles. The van der Waals surface area contributed by atoms with Crippen LogP contribution in [0.3, 0.4) is 0 Å². The van der Waals surface area contributed by atoms with Gasteiger partial charge in [0, 0.05) is 31.8 Å². The van der Waals surface area contributed by atoms with Crippen LogP contribution in [0.1, 0.15) is 80.1 Å². The molecule has 6 atom stereocenters. The van der Waals surface area contributed by atoms with Gasteiger partial charge in [-0.1, -0.05) is 19.9 Å². The molecule has 4 rings (SSSR count). The molecule has 2 saturated carbocycles. The number of hydrogen-bond donors (Lipinski definition) is 0. The molecule has 4 aliphatic carbocycles. The first-order valence-electron chi connectivity index (χ1n) is 12.8. The van der Waals surface area contributed by atoms with E-state index in [1.807, 2.05) is 19.9 Å². The topological polar surface area (TPSA) is 78.9 Å². The third-order valence-corrected chi connectivity index (χ3v) is 9.58. The van der Waals surface area contributed by atoms with Gasteiger partial charge in [0.1, 0.15) is 11.4 Å². The van der Waals surface area contributed by atoms with E-state index in [-0.39, 0.29) is 46.9 Å². The van der Waals surface area contributed by atoms with Crippen molar-refractivity contribution in [1.82, 2.24) is 0 Å².